The summed E-state index contributed by atoms with van der Waals surface area (Å²) in [6, 6.07) is 19.3. The van der Waals surface area contributed by atoms with Crippen LogP contribution in [0.25, 0.3) is 22.5 Å². The molecule has 4 rings (SSSR count). The Morgan fingerprint density at radius 1 is 0.759 bits per heavy atom. The van der Waals surface area contributed by atoms with Crippen molar-refractivity contribution in [2.24, 2.45) is 0 Å². The molecule has 0 saturated carbocycles. The molecule has 0 atom stereocenters. The molecule has 4 aromatic rings. The average molecular weight is 445 g/mol. The molecule has 0 aliphatic heterocycles. The average Bonchev–Trinajstić information content (AvgIpc) is 3.25. The summed E-state index contributed by atoms with van der Waals surface area (Å²) in [5.41, 5.74) is 14.9. The van der Waals surface area contributed by atoms with Gasteiger partial charge in [-0.05, 0) is 6.92 Å². The van der Waals surface area contributed by atoms with Gasteiger partial charge < -0.3 is 11.5 Å². The van der Waals surface area contributed by atoms with Crippen molar-refractivity contribution < 1.29 is 8.42 Å². The monoisotopic (exact) mass is 444 g/mol. The van der Waals surface area contributed by atoms with Crippen molar-refractivity contribution in [1.82, 2.24) is 9.97 Å². The zero-order valence-corrected chi connectivity index (χ0v) is 18.3. The Balaban J connectivity index is 0.000000169. The van der Waals surface area contributed by atoms with Crippen LogP contribution in [-0.4, -0.2) is 24.6 Å². The molecule has 0 fully saturated rings. The predicted octanol–water partition coefficient (Wildman–Crippen LogP) is 4.50. The first-order valence-corrected chi connectivity index (χ1v) is 12.1. The van der Waals surface area contributed by atoms with Crippen LogP contribution < -0.4 is 11.5 Å². The highest BCUT2D eigenvalue weighted by molar-refractivity contribution is 7.92. The van der Waals surface area contributed by atoms with Gasteiger partial charge in [-0.25, -0.2) is 18.4 Å². The van der Waals surface area contributed by atoms with Crippen molar-refractivity contribution in [2.45, 2.75) is 11.3 Å². The van der Waals surface area contributed by atoms with Gasteiger partial charge >= 0.3 is 0 Å². The summed E-state index contributed by atoms with van der Waals surface area (Å²) in [6.45, 7) is 1.97. The number of anilines is 2. The molecule has 0 aliphatic rings. The van der Waals surface area contributed by atoms with Gasteiger partial charge in [0.1, 0.15) is 21.4 Å². The fourth-order valence-corrected chi connectivity index (χ4v) is 4.95. The number of aromatic nitrogens is 2. The number of sulfone groups is 1. The van der Waals surface area contributed by atoms with Gasteiger partial charge in [0.2, 0.25) is 14.2 Å². The molecule has 0 unspecified atom stereocenters. The number of nitrogens with two attached hydrogens (primary N) is 2. The predicted molar refractivity (Wildman–Crippen MR) is 122 cm³/mol. The highest BCUT2D eigenvalue weighted by Crippen LogP contribution is 2.32. The molecular formula is C20H20N4O2S3. The van der Waals surface area contributed by atoms with Crippen LogP contribution in [0.2, 0.25) is 0 Å². The highest BCUT2D eigenvalue weighted by atomic mass is 32.2. The summed E-state index contributed by atoms with van der Waals surface area (Å²) in [7, 11) is -3.29. The molecule has 0 radical (unpaired) electrons. The van der Waals surface area contributed by atoms with Crippen LogP contribution in [0.4, 0.5) is 10.0 Å². The minimum Gasteiger partial charge on any atom is -0.389 e. The fraction of sp³-hybridized carbons (Fsp3) is 0.100. The van der Waals surface area contributed by atoms with E-state index in [1.807, 2.05) is 67.6 Å². The van der Waals surface area contributed by atoms with Gasteiger partial charge in [-0.2, -0.15) is 0 Å². The van der Waals surface area contributed by atoms with Crippen LogP contribution in [0, 0.1) is 6.92 Å². The molecule has 2 aromatic heterocycles. The summed E-state index contributed by atoms with van der Waals surface area (Å²) in [6.07, 6.45) is 1.13. The third kappa shape index (κ3) is 5.20. The molecule has 6 nitrogen and oxygen atoms in total. The van der Waals surface area contributed by atoms with Crippen molar-refractivity contribution in [2.75, 3.05) is 17.7 Å². The van der Waals surface area contributed by atoms with Crippen molar-refractivity contribution in [1.29, 1.82) is 0 Å². The Morgan fingerprint density at radius 3 is 1.59 bits per heavy atom. The number of benzene rings is 2. The Morgan fingerprint density at radius 2 is 1.21 bits per heavy atom. The van der Waals surface area contributed by atoms with Crippen molar-refractivity contribution >= 4 is 42.5 Å². The van der Waals surface area contributed by atoms with Crippen molar-refractivity contribution in [3.8, 4) is 22.5 Å². The molecule has 9 heteroatoms. The van der Waals surface area contributed by atoms with Gasteiger partial charge in [-0.1, -0.05) is 72.0 Å². The van der Waals surface area contributed by atoms with Crippen LogP contribution in [0.1, 0.15) is 5.01 Å². The first kappa shape index (κ1) is 21.0. The lowest BCUT2D eigenvalue weighted by Gasteiger charge is -1.96. The fourth-order valence-electron chi connectivity index (χ4n) is 2.52. The summed E-state index contributed by atoms with van der Waals surface area (Å²) < 4.78 is 22.7. The molecule has 0 spiro atoms. The summed E-state index contributed by atoms with van der Waals surface area (Å²) in [5, 5.41) is 2.23. The largest absolute Gasteiger partial charge is 0.389 e. The van der Waals surface area contributed by atoms with Crippen LogP contribution in [-0.2, 0) is 9.84 Å². The minimum absolute atomic E-state index is 0.0591. The molecule has 4 N–H and O–H groups in total. The molecular weight excluding hydrogens is 424 g/mol. The van der Waals surface area contributed by atoms with E-state index in [1.165, 1.54) is 11.3 Å². The van der Waals surface area contributed by atoms with Crippen LogP contribution in [0.3, 0.4) is 0 Å². The molecule has 2 heterocycles. The highest BCUT2D eigenvalue weighted by Gasteiger charge is 2.17. The third-order valence-corrected chi connectivity index (χ3v) is 7.17. The van der Waals surface area contributed by atoms with E-state index in [1.54, 1.807) is 0 Å². The maximum absolute atomic E-state index is 11.3. The Kier molecular flexibility index (Phi) is 6.31. The zero-order chi connectivity index (χ0) is 21.0. The first-order chi connectivity index (χ1) is 13.8. The Bertz CT molecular complexity index is 1200. The standard InChI is InChI=1S/C10H10N2O2S2.C10H10N2S/c1-16(13,14)10-12-8(9(11)15-10)7-5-3-2-4-6-7;1-7-12-9(10(11)13-7)8-5-3-2-4-6-8/h2-6H,11H2,1H3;2-6H,11H2,1H3. The molecule has 0 saturated heterocycles. The van der Waals surface area contributed by atoms with E-state index in [0.717, 1.165) is 44.4 Å². The van der Waals surface area contributed by atoms with Crippen LogP contribution in [0.5, 0.6) is 0 Å². The molecule has 0 aliphatic carbocycles. The maximum atomic E-state index is 11.3. The SMILES string of the molecule is CS(=O)(=O)c1nc(-c2ccccc2)c(N)s1.Cc1nc(-c2ccccc2)c(N)s1. The maximum Gasteiger partial charge on any atom is 0.211 e. The minimum atomic E-state index is -3.29. The van der Waals surface area contributed by atoms with Gasteiger partial charge in [-0.15, -0.1) is 11.3 Å². The Labute approximate surface area is 177 Å². The number of nitrogens with zero attached hydrogens (tertiary/aromatic N) is 2. The molecule has 150 valence electrons. The number of nitrogen functional groups attached to an aromatic ring is 2. The molecule has 29 heavy (non-hydrogen) atoms. The third-order valence-electron chi connectivity index (χ3n) is 3.81. The Hall–Kier alpha value is -2.75. The second kappa shape index (κ2) is 8.73. The van der Waals surface area contributed by atoms with Gasteiger partial charge in [0.05, 0.1) is 5.01 Å². The van der Waals surface area contributed by atoms with Gasteiger partial charge in [-0.3, -0.25) is 0 Å². The van der Waals surface area contributed by atoms with E-state index in [4.69, 9.17) is 11.5 Å². The zero-order valence-electron chi connectivity index (χ0n) is 15.9. The van der Waals surface area contributed by atoms with E-state index in [-0.39, 0.29) is 4.34 Å². The van der Waals surface area contributed by atoms with Gasteiger partial charge in [0.25, 0.3) is 0 Å². The van der Waals surface area contributed by atoms with E-state index in [2.05, 4.69) is 9.97 Å². The quantitative estimate of drug-likeness (QED) is 0.481. The number of hydrogen-bond acceptors (Lipinski definition) is 8. The lowest BCUT2D eigenvalue weighted by molar-refractivity contribution is 0.601. The molecule has 0 bridgehead atoms. The van der Waals surface area contributed by atoms with E-state index >= 15 is 0 Å². The van der Waals surface area contributed by atoms with E-state index in [9.17, 15) is 8.42 Å². The summed E-state index contributed by atoms with van der Waals surface area (Å²) in [5.74, 6) is 0. The lowest BCUT2D eigenvalue weighted by Crippen LogP contribution is -1.95. The lowest BCUT2D eigenvalue weighted by atomic mass is 10.2. The van der Waals surface area contributed by atoms with Crippen molar-refractivity contribution in [3.05, 3.63) is 65.7 Å². The second-order valence-electron chi connectivity index (χ2n) is 6.14. The van der Waals surface area contributed by atoms with Gasteiger partial charge in [0, 0.05) is 17.4 Å². The topological polar surface area (TPSA) is 112 Å². The number of hydrogen-bond donors (Lipinski definition) is 2. The number of thiazole rings is 2. The number of aryl methyl sites for hydroxylation is 1. The molecule has 2 aromatic carbocycles. The van der Waals surface area contributed by atoms with Crippen molar-refractivity contribution in [3.63, 3.8) is 0 Å². The normalized spacial score (nSPS) is 11.0. The summed E-state index contributed by atoms with van der Waals surface area (Å²) >= 11 is 2.53. The first-order valence-electron chi connectivity index (χ1n) is 8.56. The summed E-state index contributed by atoms with van der Waals surface area (Å²) in [4.78, 5) is 8.43. The van der Waals surface area contributed by atoms with Crippen LogP contribution >= 0.6 is 22.7 Å². The van der Waals surface area contributed by atoms with E-state index < -0.39 is 9.84 Å². The van der Waals surface area contributed by atoms with E-state index in [0.29, 0.717) is 10.7 Å². The van der Waals surface area contributed by atoms with Crippen LogP contribution in [0.15, 0.2) is 65.0 Å². The second-order valence-corrected chi connectivity index (χ2v) is 10.6. The number of rotatable bonds is 3. The van der Waals surface area contributed by atoms with Gasteiger partial charge in [0.15, 0.2) is 0 Å². The smallest absolute Gasteiger partial charge is 0.211 e. The molecule has 0 amide bonds.